The van der Waals surface area contributed by atoms with Gasteiger partial charge in [-0.1, -0.05) is 6.92 Å². The number of halogens is 2. The van der Waals surface area contributed by atoms with Crippen LogP contribution in [0.2, 0.25) is 0 Å². The Morgan fingerprint density at radius 3 is 3.00 bits per heavy atom. The second-order valence-corrected chi connectivity index (χ2v) is 8.55. The molecule has 1 spiro atoms. The molecule has 3 aromatic heterocycles. The van der Waals surface area contributed by atoms with Crippen LogP contribution in [0.3, 0.4) is 0 Å². The molecule has 0 aromatic carbocycles. The summed E-state index contributed by atoms with van der Waals surface area (Å²) in [5.74, 6) is -0.726. The first-order valence-electron chi connectivity index (χ1n) is 10.8. The molecule has 32 heavy (non-hydrogen) atoms. The highest BCUT2D eigenvalue weighted by molar-refractivity contribution is 5.91. The molecule has 1 saturated heterocycles. The number of H-pyrrole nitrogens is 1. The topological polar surface area (TPSA) is 96.0 Å². The Kier molecular flexibility index (Phi) is 4.94. The number of rotatable bonds is 4. The summed E-state index contributed by atoms with van der Waals surface area (Å²) in [6, 6.07) is 1.21. The van der Waals surface area contributed by atoms with Gasteiger partial charge in [0.05, 0.1) is 18.4 Å². The molecule has 10 heteroatoms. The number of likely N-dealkylation sites (N-methyl/N-ethyl adjacent to an activating group) is 1. The van der Waals surface area contributed by atoms with Crippen molar-refractivity contribution in [2.75, 3.05) is 12.4 Å². The predicted octanol–water partition coefficient (Wildman–Crippen LogP) is 4.25. The SMILES string of the molecule is CC[C@@H]1N(C)C(=O)O[C@]12CCC[C@H](Nc1nc(-c3c[nH]c4ncc(F)cc34)ncc1F)C2. The molecule has 168 valence electrons. The van der Waals surface area contributed by atoms with E-state index in [0.29, 0.717) is 23.0 Å². The van der Waals surface area contributed by atoms with E-state index in [0.717, 1.165) is 38.1 Å². The van der Waals surface area contributed by atoms with E-state index in [4.69, 9.17) is 4.74 Å². The Morgan fingerprint density at radius 1 is 1.34 bits per heavy atom. The lowest BCUT2D eigenvalue weighted by molar-refractivity contribution is -0.00232. The van der Waals surface area contributed by atoms with Crippen molar-refractivity contribution in [3.8, 4) is 11.4 Å². The van der Waals surface area contributed by atoms with Crippen LogP contribution in [-0.4, -0.2) is 55.7 Å². The van der Waals surface area contributed by atoms with Crippen LogP contribution in [0.5, 0.6) is 0 Å². The van der Waals surface area contributed by atoms with Gasteiger partial charge in [-0.25, -0.2) is 28.5 Å². The second kappa shape index (κ2) is 7.68. The maximum Gasteiger partial charge on any atom is 0.410 e. The zero-order valence-corrected chi connectivity index (χ0v) is 17.9. The zero-order chi connectivity index (χ0) is 22.5. The fourth-order valence-corrected chi connectivity index (χ4v) is 5.18. The van der Waals surface area contributed by atoms with Crippen molar-refractivity contribution in [1.82, 2.24) is 24.8 Å². The first-order chi connectivity index (χ1) is 15.4. The van der Waals surface area contributed by atoms with Gasteiger partial charge in [0.2, 0.25) is 0 Å². The van der Waals surface area contributed by atoms with E-state index in [1.54, 1.807) is 18.1 Å². The van der Waals surface area contributed by atoms with Crippen LogP contribution in [-0.2, 0) is 4.74 Å². The van der Waals surface area contributed by atoms with Crippen molar-refractivity contribution in [1.29, 1.82) is 0 Å². The summed E-state index contributed by atoms with van der Waals surface area (Å²) in [7, 11) is 1.76. The van der Waals surface area contributed by atoms with Crippen molar-refractivity contribution in [2.45, 2.75) is 56.7 Å². The maximum atomic E-state index is 14.6. The predicted molar refractivity (Wildman–Crippen MR) is 114 cm³/mol. The summed E-state index contributed by atoms with van der Waals surface area (Å²) < 4.78 is 34.1. The Bertz CT molecular complexity index is 1180. The molecule has 8 nitrogen and oxygen atoms in total. The van der Waals surface area contributed by atoms with Gasteiger partial charge >= 0.3 is 6.09 Å². The van der Waals surface area contributed by atoms with Crippen LogP contribution in [0.4, 0.5) is 19.4 Å². The summed E-state index contributed by atoms with van der Waals surface area (Å²) in [6.07, 6.45) is 7.34. The van der Waals surface area contributed by atoms with Crippen LogP contribution < -0.4 is 5.32 Å². The average molecular weight is 442 g/mol. The van der Waals surface area contributed by atoms with Crippen molar-refractivity contribution >= 4 is 22.9 Å². The summed E-state index contributed by atoms with van der Waals surface area (Å²) in [5.41, 5.74) is 0.450. The lowest BCUT2D eigenvalue weighted by Gasteiger charge is -2.40. The number of fused-ring (bicyclic) bond motifs is 1. The minimum Gasteiger partial charge on any atom is -0.441 e. The molecule has 0 unspecified atom stereocenters. The van der Waals surface area contributed by atoms with Gasteiger partial charge in [0.15, 0.2) is 17.5 Å². The number of aromatic nitrogens is 4. The van der Waals surface area contributed by atoms with Gasteiger partial charge < -0.3 is 19.9 Å². The van der Waals surface area contributed by atoms with E-state index in [9.17, 15) is 13.6 Å². The summed E-state index contributed by atoms with van der Waals surface area (Å²) in [6.45, 7) is 2.04. The van der Waals surface area contributed by atoms with Crippen LogP contribution in [0.25, 0.3) is 22.4 Å². The van der Waals surface area contributed by atoms with Crippen LogP contribution in [0.1, 0.15) is 39.0 Å². The highest BCUT2D eigenvalue weighted by Crippen LogP contribution is 2.43. The minimum absolute atomic E-state index is 0.0148. The molecule has 4 heterocycles. The summed E-state index contributed by atoms with van der Waals surface area (Å²) in [5, 5.41) is 3.72. The molecule has 0 radical (unpaired) electrons. The quantitative estimate of drug-likeness (QED) is 0.627. The van der Waals surface area contributed by atoms with E-state index >= 15 is 0 Å². The number of pyridine rings is 1. The Labute approximate surface area is 183 Å². The molecule has 1 saturated carbocycles. The van der Waals surface area contributed by atoms with E-state index in [2.05, 4.69) is 25.3 Å². The third-order valence-corrected chi connectivity index (χ3v) is 6.61. The van der Waals surface area contributed by atoms with E-state index in [1.165, 1.54) is 6.07 Å². The number of hydrogen-bond acceptors (Lipinski definition) is 6. The standard InChI is InChI=1S/C22H24F2N6O2/c1-3-17-22(32-21(31)30(17)2)6-4-5-13(8-22)28-20-16(24)11-27-19(29-20)15-10-26-18-14(15)7-12(23)9-25-18/h7,9-11,13,17H,3-6,8H2,1-2H3,(H,25,26)(H,27,28,29)/t13-,17-,22-/m0/s1. The van der Waals surface area contributed by atoms with Gasteiger partial charge in [-0.3, -0.25) is 0 Å². The highest BCUT2D eigenvalue weighted by atomic mass is 19.1. The van der Waals surface area contributed by atoms with E-state index in [1.807, 2.05) is 6.92 Å². The zero-order valence-electron chi connectivity index (χ0n) is 17.9. The van der Waals surface area contributed by atoms with Crippen molar-refractivity contribution < 1.29 is 18.3 Å². The number of hydrogen-bond donors (Lipinski definition) is 2. The first-order valence-corrected chi connectivity index (χ1v) is 10.8. The number of amides is 1. The molecular weight excluding hydrogens is 418 g/mol. The van der Waals surface area contributed by atoms with Crippen LogP contribution in [0.15, 0.2) is 24.7 Å². The van der Waals surface area contributed by atoms with Gasteiger partial charge in [-0.05, 0) is 31.7 Å². The molecule has 2 N–H and O–H groups in total. The number of ether oxygens (including phenoxy) is 1. The normalized spacial score (nSPS) is 25.5. The molecule has 1 aliphatic heterocycles. The smallest absolute Gasteiger partial charge is 0.410 e. The fourth-order valence-electron chi connectivity index (χ4n) is 5.18. The average Bonchev–Trinajstić information content (AvgIpc) is 3.28. The fraction of sp³-hybridized carbons (Fsp3) is 0.455. The van der Waals surface area contributed by atoms with E-state index < -0.39 is 17.2 Å². The Morgan fingerprint density at radius 2 is 2.19 bits per heavy atom. The van der Waals surface area contributed by atoms with Crippen molar-refractivity contribution in [2.24, 2.45) is 0 Å². The monoisotopic (exact) mass is 442 g/mol. The largest absolute Gasteiger partial charge is 0.441 e. The molecule has 2 fully saturated rings. The van der Waals surface area contributed by atoms with Crippen LogP contribution in [0, 0.1) is 11.6 Å². The number of carbonyl (C=O) groups excluding carboxylic acids is 1. The van der Waals surface area contributed by atoms with Crippen molar-refractivity contribution in [3.63, 3.8) is 0 Å². The third kappa shape index (κ3) is 3.34. The van der Waals surface area contributed by atoms with Gasteiger partial charge in [0, 0.05) is 36.7 Å². The lowest BCUT2D eigenvalue weighted by atomic mass is 9.76. The summed E-state index contributed by atoms with van der Waals surface area (Å²) >= 11 is 0. The van der Waals surface area contributed by atoms with E-state index in [-0.39, 0.29) is 29.8 Å². The molecule has 5 rings (SSSR count). The number of nitrogens with one attached hydrogen (secondary N) is 2. The van der Waals surface area contributed by atoms with Crippen molar-refractivity contribution in [3.05, 3.63) is 36.3 Å². The Balaban J connectivity index is 1.42. The number of carbonyl (C=O) groups is 1. The van der Waals surface area contributed by atoms with Gasteiger partial charge in [-0.2, -0.15) is 0 Å². The molecule has 3 aromatic rings. The van der Waals surface area contributed by atoms with Crippen LogP contribution >= 0.6 is 0 Å². The first kappa shape index (κ1) is 20.6. The summed E-state index contributed by atoms with van der Waals surface area (Å²) in [4.78, 5) is 29.3. The molecule has 1 amide bonds. The second-order valence-electron chi connectivity index (χ2n) is 8.55. The van der Waals surface area contributed by atoms with Gasteiger partial charge in [0.1, 0.15) is 17.1 Å². The number of aromatic amines is 1. The maximum absolute atomic E-state index is 14.6. The third-order valence-electron chi connectivity index (χ3n) is 6.61. The number of anilines is 1. The molecule has 3 atom stereocenters. The molecule has 1 aliphatic carbocycles. The molecule has 2 aliphatic rings. The van der Waals surface area contributed by atoms with Gasteiger partial charge in [-0.15, -0.1) is 0 Å². The lowest BCUT2D eigenvalue weighted by Crippen LogP contribution is -2.49. The minimum atomic E-state index is -0.580. The highest BCUT2D eigenvalue weighted by Gasteiger charge is 2.53. The van der Waals surface area contributed by atoms with Gasteiger partial charge in [0.25, 0.3) is 0 Å². The Hall–Kier alpha value is -3.30. The number of nitrogens with zero attached hydrogens (tertiary/aromatic N) is 4. The molecule has 0 bridgehead atoms. The molecular formula is C22H24F2N6O2.